The average Bonchev–Trinajstić information content (AvgIpc) is 2.91. The zero-order valence-corrected chi connectivity index (χ0v) is 12.0. The van der Waals surface area contributed by atoms with Crippen molar-refractivity contribution >= 4 is 34.9 Å². The van der Waals surface area contributed by atoms with Crippen LogP contribution in [0, 0.1) is 0 Å². The van der Waals surface area contributed by atoms with Gasteiger partial charge in [0, 0.05) is 6.54 Å². The van der Waals surface area contributed by atoms with Crippen molar-refractivity contribution in [3.8, 4) is 0 Å². The minimum atomic E-state index is -0.280. The van der Waals surface area contributed by atoms with E-state index in [4.69, 9.17) is 28.0 Å². The van der Waals surface area contributed by atoms with Crippen LogP contribution in [-0.4, -0.2) is 30.5 Å². The smallest absolute Gasteiger partial charge is 0.333 e. The van der Waals surface area contributed by atoms with Gasteiger partial charge in [0.05, 0.1) is 22.2 Å². The Bertz CT molecular complexity index is 448. The van der Waals surface area contributed by atoms with Gasteiger partial charge in [0.1, 0.15) is 0 Å². The molecule has 0 amide bonds. The lowest BCUT2D eigenvalue weighted by Gasteiger charge is -2.13. The second-order valence-corrected chi connectivity index (χ2v) is 5.32. The summed E-state index contributed by atoms with van der Waals surface area (Å²) in [5.41, 5.74) is 3.18. The number of hydrogen-bond donors (Lipinski definition) is 1. The van der Waals surface area contributed by atoms with Gasteiger partial charge < -0.3 is 9.74 Å². The maximum atomic E-state index is 11.6. The molecule has 1 aromatic rings. The molecule has 0 aromatic heterocycles. The van der Waals surface area contributed by atoms with Crippen molar-refractivity contribution in [3.05, 3.63) is 28.2 Å². The standard InChI is InChI=1S/C13H16Cl2N2O2/c14-11-4-3-10(9-12(11)15)16-19-13(18)5-8-17-6-1-2-7-17/h3-4,9,16H,1-2,5-8H2. The Kier molecular flexibility index (Phi) is 5.31. The van der Waals surface area contributed by atoms with Gasteiger partial charge in [-0.2, -0.15) is 0 Å². The van der Waals surface area contributed by atoms with Crippen LogP contribution in [0.1, 0.15) is 19.3 Å². The second kappa shape index (κ2) is 6.98. The van der Waals surface area contributed by atoms with E-state index in [0.29, 0.717) is 22.2 Å². The van der Waals surface area contributed by atoms with Crippen molar-refractivity contribution in [3.63, 3.8) is 0 Å². The normalized spacial score (nSPS) is 15.5. The van der Waals surface area contributed by atoms with Crippen LogP contribution in [-0.2, 0) is 9.63 Å². The molecule has 1 aliphatic heterocycles. The van der Waals surface area contributed by atoms with Crippen LogP contribution in [0.4, 0.5) is 5.69 Å². The Balaban J connectivity index is 1.71. The monoisotopic (exact) mass is 302 g/mol. The van der Waals surface area contributed by atoms with Crippen LogP contribution >= 0.6 is 23.2 Å². The van der Waals surface area contributed by atoms with Crippen LogP contribution in [0.15, 0.2) is 18.2 Å². The molecule has 2 rings (SSSR count). The van der Waals surface area contributed by atoms with E-state index in [9.17, 15) is 4.79 Å². The highest BCUT2D eigenvalue weighted by Crippen LogP contribution is 2.24. The first-order valence-electron chi connectivity index (χ1n) is 6.28. The summed E-state index contributed by atoms with van der Waals surface area (Å²) >= 11 is 11.7. The fraction of sp³-hybridized carbons (Fsp3) is 0.462. The Hall–Kier alpha value is -0.970. The first kappa shape index (κ1) is 14.4. The minimum Gasteiger partial charge on any atom is -0.343 e. The highest BCUT2D eigenvalue weighted by Gasteiger charge is 2.13. The summed E-state index contributed by atoms with van der Waals surface area (Å²) in [5.74, 6) is -0.280. The molecule has 0 bridgehead atoms. The number of carbonyl (C=O) groups excluding carboxylic acids is 1. The molecule has 1 saturated heterocycles. The first-order valence-corrected chi connectivity index (χ1v) is 7.04. The van der Waals surface area contributed by atoms with Crippen molar-refractivity contribution < 1.29 is 9.63 Å². The van der Waals surface area contributed by atoms with E-state index in [0.717, 1.165) is 19.6 Å². The number of carbonyl (C=O) groups is 1. The molecule has 0 aliphatic carbocycles. The molecule has 1 fully saturated rings. The lowest BCUT2D eigenvalue weighted by atomic mass is 10.3. The van der Waals surface area contributed by atoms with E-state index in [1.54, 1.807) is 18.2 Å². The van der Waals surface area contributed by atoms with E-state index >= 15 is 0 Å². The maximum absolute atomic E-state index is 11.6. The Morgan fingerprint density at radius 1 is 1.26 bits per heavy atom. The van der Waals surface area contributed by atoms with Gasteiger partial charge in [-0.05, 0) is 44.1 Å². The Morgan fingerprint density at radius 3 is 2.68 bits per heavy atom. The number of halogens is 2. The number of anilines is 1. The number of likely N-dealkylation sites (tertiary alicyclic amines) is 1. The van der Waals surface area contributed by atoms with E-state index in [1.165, 1.54) is 12.8 Å². The van der Waals surface area contributed by atoms with Gasteiger partial charge >= 0.3 is 5.97 Å². The van der Waals surface area contributed by atoms with E-state index in [2.05, 4.69) is 10.4 Å². The summed E-state index contributed by atoms with van der Waals surface area (Å²) in [4.78, 5) is 18.8. The quantitative estimate of drug-likeness (QED) is 0.847. The molecule has 0 atom stereocenters. The van der Waals surface area contributed by atoms with Crippen molar-refractivity contribution in [2.24, 2.45) is 0 Å². The van der Waals surface area contributed by atoms with Gasteiger partial charge in [0.15, 0.2) is 0 Å². The van der Waals surface area contributed by atoms with Crippen molar-refractivity contribution in [2.75, 3.05) is 25.1 Å². The predicted molar refractivity (Wildman–Crippen MR) is 76.5 cm³/mol. The van der Waals surface area contributed by atoms with Crippen molar-refractivity contribution in [1.82, 2.24) is 4.90 Å². The Labute approximate surface area is 122 Å². The van der Waals surface area contributed by atoms with E-state index in [-0.39, 0.29) is 5.97 Å². The molecule has 19 heavy (non-hydrogen) atoms. The van der Waals surface area contributed by atoms with Crippen LogP contribution in [0.25, 0.3) is 0 Å². The fourth-order valence-electron chi connectivity index (χ4n) is 1.98. The summed E-state index contributed by atoms with van der Waals surface area (Å²) in [6, 6.07) is 4.95. The minimum absolute atomic E-state index is 0.280. The average molecular weight is 303 g/mol. The molecule has 0 unspecified atom stereocenters. The van der Waals surface area contributed by atoms with Crippen LogP contribution in [0.2, 0.25) is 10.0 Å². The number of benzene rings is 1. The molecule has 104 valence electrons. The fourth-order valence-corrected chi connectivity index (χ4v) is 2.28. The Morgan fingerprint density at radius 2 is 2.00 bits per heavy atom. The van der Waals surface area contributed by atoms with Crippen molar-refractivity contribution in [1.29, 1.82) is 0 Å². The van der Waals surface area contributed by atoms with Crippen molar-refractivity contribution in [2.45, 2.75) is 19.3 Å². The third-order valence-corrected chi connectivity index (χ3v) is 3.77. The number of hydrogen-bond acceptors (Lipinski definition) is 4. The highest BCUT2D eigenvalue weighted by atomic mass is 35.5. The topological polar surface area (TPSA) is 41.6 Å². The molecule has 1 aliphatic rings. The molecule has 1 aromatic carbocycles. The number of rotatable bonds is 5. The molecule has 6 heteroatoms. The molecule has 0 radical (unpaired) electrons. The van der Waals surface area contributed by atoms with Gasteiger partial charge in [-0.1, -0.05) is 23.2 Å². The van der Waals surface area contributed by atoms with Crippen LogP contribution < -0.4 is 5.48 Å². The predicted octanol–water partition coefficient (Wildman–Crippen LogP) is 3.35. The largest absolute Gasteiger partial charge is 0.343 e. The third kappa shape index (κ3) is 4.56. The van der Waals surface area contributed by atoms with E-state index < -0.39 is 0 Å². The van der Waals surface area contributed by atoms with Crippen LogP contribution in [0.5, 0.6) is 0 Å². The molecule has 0 spiro atoms. The summed E-state index contributed by atoms with van der Waals surface area (Å²) in [5, 5.41) is 0.882. The van der Waals surface area contributed by atoms with Crippen LogP contribution in [0.3, 0.4) is 0 Å². The van der Waals surface area contributed by atoms with Gasteiger partial charge in [0.25, 0.3) is 0 Å². The SMILES string of the molecule is O=C(CCN1CCCC1)ONc1ccc(Cl)c(Cl)c1. The second-order valence-electron chi connectivity index (χ2n) is 4.50. The lowest BCUT2D eigenvalue weighted by molar-refractivity contribution is -0.141. The number of nitrogens with one attached hydrogen (secondary N) is 1. The van der Waals surface area contributed by atoms with Gasteiger partial charge in [0.2, 0.25) is 0 Å². The molecular weight excluding hydrogens is 287 g/mol. The van der Waals surface area contributed by atoms with Gasteiger partial charge in [-0.3, -0.25) is 0 Å². The molecular formula is C13H16Cl2N2O2. The lowest BCUT2D eigenvalue weighted by Crippen LogP contribution is -2.24. The highest BCUT2D eigenvalue weighted by molar-refractivity contribution is 6.42. The summed E-state index contributed by atoms with van der Waals surface area (Å²) in [7, 11) is 0. The molecule has 1 N–H and O–H groups in total. The molecule has 1 heterocycles. The third-order valence-electron chi connectivity index (χ3n) is 3.03. The zero-order chi connectivity index (χ0) is 13.7. The number of nitrogens with zero attached hydrogens (tertiary/aromatic N) is 1. The summed E-state index contributed by atoms with van der Waals surface area (Å²) < 4.78 is 0. The maximum Gasteiger partial charge on any atom is 0.333 e. The first-order chi connectivity index (χ1) is 9.15. The molecule has 0 saturated carbocycles. The summed E-state index contributed by atoms with van der Waals surface area (Å²) in [6.07, 6.45) is 2.82. The summed E-state index contributed by atoms with van der Waals surface area (Å²) in [6.45, 7) is 2.91. The van der Waals surface area contributed by atoms with Gasteiger partial charge in [-0.25, -0.2) is 10.3 Å². The van der Waals surface area contributed by atoms with Gasteiger partial charge in [-0.15, -0.1) is 0 Å². The molecule has 4 nitrogen and oxygen atoms in total. The van der Waals surface area contributed by atoms with E-state index in [1.807, 2.05) is 0 Å². The zero-order valence-electron chi connectivity index (χ0n) is 10.5.